The van der Waals surface area contributed by atoms with E-state index in [0.717, 1.165) is 23.2 Å². The fourth-order valence-corrected chi connectivity index (χ4v) is 3.66. The zero-order valence-electron chi connectivity index (χ0n) is 13.2. The summed E-state index contributed by atoms with van der Waals surface area (Å²) < 4.78 is 0. The highest BCUT2D eigenvalue weighted by atomic mass is 35.5. The molecule has 1 aliphatic heterocycles. The lowest BCUT2D eigenvalue weighted by Gasteiger charge is -2.17. The topological polar surface area (TPSA) is 33.2 Å². The minimum Gasteiger partial charge on any atom is -0.306 e. The Morgan fingerprint density at radius 2 is 1.72 bits per heavy atom. The van der Waals surface area contributed by atoms with Gasteiger partial charge in [0.25, 0.3) is 5.91 Å². The lowest BCUT2D eigenvalue weighted by atomic mass is 10.1. The molecule has 2 aromatic carbocycles. The van der Waals surface area contributed by atoms with Gasteiger partial charge in [0, 0.05) is 28.5 Å². The molecule has 0 unspecified atom stereocenters. The Kier molecular flexibility index (Phi) is 4.20. The van der Waals surface area contributed by atoms with Gasteiger partial charge in [-0.2, -0.15) is 0 Å². The molecule has 0 aliphatic carbocycles. The number of para-hydroxylation sites is 1. The summed E-state index contributed by atoms with van der Waals surface area (Å²) in [5.74, 6) is -0.0973. The first kappa shape index (κ1) is 16.1. The van der Waals surface area contributed by atoms with E-state index in [4.69, 9.17) is 23.2 Å². The number of pyridine rings is 1. The maximum atomic E-state index is 12.9. The number of rotatable bonds is 2. The van der Waals surface area contributed by atoms with E-state index in [2.05, 4.69) is 11.1 Å². The van der Waals surface area contributed by atoms with Crippen LogP contribution in [-0.4, -0.2) is 17.4 Å². The molecule has 0 fully saturated rings. The number of hydrogen-bond donors (Lipinski definition) is 0. The molecule has 25 heavy (non-hydrogen) atoms. The van der Waals surface area contributed by atoms with Crippen molar-refractivity contribution in [3.05, 3.63) is 82.1 Å². The number of nitrogens with zero attached hydrogens (tertiary/aromatic N) is 2. The summed E-state index contributed by atoms with van der Waals surface area (Å²) >= 11 is 12.2. The van der Waals surface area contributed by atoms with Crippen molar-refractivity contribution in [1.29, 1.82) is 0 Å². The number of hydrogen-bond acceptors (Lipinski definition) is 2. The molecule has 3 aromatic rings. The zero-order chi connectivity index (χ0) is 17.4. The van der Waals surface area contributed by atoms with Crippen LogP contribution in [0.25, 0.3) is 11.1 Å². The Labute approximate surface area is 155 Å². The first-order valence-electron chi connectivity index (χ1n) is 7.94. The Morgan fingerprint density at radius 3 is 2.52 bits per heavy atom. The van der Waals surface area contributed by atoms with Crippen LogP contribution in [0.1, 0.15) is 16.1 Å². The number of carbonyl (C=O) groups is 1. The number of fused-ring (bicyclic) bond motifs is 1. The van der Waals surface area contributed by atoms with Gasteiger partial charge in [0.2, 0.25) is 0 Å². The molecule has 5 heteroatoms. The van der Waals surface area contributed by atoms with Crippen LogP contribution in [0, 0.1) is 0 Å². The second kappa shape index (κ2) is 6.51. The average Bonchev–Trinajstić information content (AvgIpc) is 3.04. The summed E-state index contributed by atoms with van der Waals surface area (Å²) in [7, 11) is 0. The standard InChI is InChI=1S/C20H14Cl2N2O/c21-16-9-15(10-17(22)12-16)14-5-7-23-18(11-14)20(25)24-8-6-13-3-1-2-4-19(13)24/h1-5,7,9-12H,6,8H2. The summed E-state index contributed by atoms with van der Waals surface area (Å²) in [5, 5.41) is 1.11. The third-order valence-corrected chi connectivity index (χ3v) is 4.74. The van der Waals surface area contributed by atoms with Crippen LogP contribution in [-0.2, 0) is 6.42 Å². The van der Waals surface area contributed by atoms with Crippen LogP contribution < -0.4 is 4.90 Å². The van der Waals surface area contributed by atoms with Crippen molar-refractivity contribution in [2.24, 2.45) is 0 Å². The van der Waals surface area contributed by atoms with Gasteiger partial charge in [-0.3, -0.25) is 9.78 Å². The summed E-state index contributed by atoms with van der Waals surface area (Å²) in [5.41, 5.74) is 4.27. The fourth-order valence-electron chi connectivity index (χ4n) is 3.14. The van der Waals surface area contributed by atoms with Crippen molar-refractivity contribution >= 4 is 34.8 Å². The third-order valence-electron chi connectivity index (χ3n) is 4.31. The van der Waals surface area contributed by atoms with Crippen LogP contribution >= 0.6 is 23.2 Å². The SMILES string of the molecule is O=C(c1cc(-c2cc(Cl)cc(Cl)c2)ccn1)N1CCc2ccccc21. The second-order valence-electron chi connectivity index (χ2n) is 5.92. The van der Waals surface area contributed by atoms with Crippen LogP contribution in [0.3, 0.4) is 0 Å². The highest BCUT2D eigenvalue weighted by Gasteiger charge is 2.26. The molecule has 1 amide bonds. The lowest BCUT2D eigenvalue weighted by Crippen LogP contribution is -2.29. The van der Waals surface area contributed by atoms with Gasteiger partial charge in [-0.05, 0) is 59.5 Å². The normalized spacial score (nSPS) is 13.0. The fraction of sp³-hybridized carbons (Fsp3) is 0.100. The Hall–Kier alpha value is -2.36. The number of halogens is 2. The van der Waals surface area contributed by atoms with Crippen molar-refractivity contribution in [1.82, 2.24) is 4.98 Å². The van der Waals surface area contributed by atoms with Crippen LogP contribution in [0.4, 0.5) is 5.69 Å². The highest BCUT2D eigenvalue weighted by molar-refractivity contribution is 6.35. The monoisotopic (exact) mass is 368 g/mol. The molecule has 0 N–H and O–H groups in total. The first-order valence-corrected chi connectivity index (χ1v) is 8.70. The van der Waals surface area contributed by atoms with Crippen molar-refractivity contribution < 1.29 is 4.79 Å². The van der Waals surface area contributed by atoms with E-state index < -0.39 is 0 Å². The van der Waals surface area contributed by atoms with E-state index in [1.54, 1.807) is 23.2 Å². The Bertz CT molecular complexity index is 951. The van der Waals surface area contributed by atoms with E-state index in [1.165, 1.54) is 5.56 Å². The van der Waals surface area contributed by atoms with Crippen LogP contribution in [0.5, 0.6) is 0 Å². The number of aromatic nitrogens is 1. The second-order valence-corrected chi connectivity index (χ2v) is 6.80. The van der Waals surface area contributed by atoms with Crippen molar-refractivity contribution in [2.75, 3.05) is 11.4 Å². The molecule has 0 saturated carbocycles. The summed E-state index contributed by atoms with van der Waals surface area (Å²) in [6.07, 6.45) is 2.50. The molecular weight excluding hydrogens is 355 g/mol. The molecule has 1 aromatic heterocycles. The molecule has 0 bridgehead atoms. The lowest BCUT2D eigenvalue weighted by molar-refractivity contribution is 0.0984. The summed E-state index contributed by atoms with van der Waals surface area (Å²) in [6, 6.07) is 16.9. The highest BCUT2D eigenvalue weighted by Crippen LogP contribution is 2.30. The molecule has 3 nitrogen and oxygen atoms in total. The van der Waals surface area contributed by atoms with E-state index in [9.17, 15) is 4.79 Å². The molecule has 1 aliphatic rings. The van der Waals surface area contributed by atoms with E-state index >= 15 is 0 Å². The third kappa shape index (κ3) is 3.13. The number of carbonyl (C=O) groups excluding carboxylic acids is 1. The molecule has 0 spiro atoms. The summed E-state index contributed by atoms with van der Waals surface area (Å²) in [6.45, 7) is 0.674. The van der Waals surface area contributed by atoms with E-state index in [-0.39, 0.29) is 5.91 Å². The zero-order valence-corrected chi connectivity index (χ0v) is 14.8. The Morgan fingerprint density at radius 1 is 0.960 bits per heavy atom. The Balaban J connectivity index is 1.69. The van der Waals surface area contributed by atoms with Gasteiger partial charge in [-0.15, -0.1) is 0 Å². The molecule has 0 saturated heterocycles. The molecule has 0 atom stereocenters. The van der Waals surface area contributed by atoms with Gasteiger partial charge in [-0.1, -0.05) is 41.4 Å². The van der Waals surface area contributed by atoms with Gasteiger partial charge in [-0.25, -0.2) is 0 Å². The smallest absolute Gasteiger partial charge is 0.276 e. The molecule has 0 radical (unpaired) electrons. The van der Waals surface area contributed by atoms with Crippen LogP contribution in [0.15, 0.2) is 60.8 Å². The van der Waals surface area contributed by atoms with E-state index in [0.29, 0.717) is 22.3 Å². The molecule has 4 rings (SSSR count). The summed E-state index contributed by atoms with van der Waals surface area (Å²) in [4.78, 5) is 19.0. The number of benzene rings is 2. The van der Waals surface area contributed by atoms with Crippen LogP contribution in [0.2, 0.25) is 10.0 Å². The van der Waals surface area contributed by atoms with E-state index in [1.807, 2.05) is 36.4 Å². The maximum absolute atomic E-state index is 12.9. The van der Waals surface area contributed by atoms with Gasteiger partial charge < -0.3 is 4.90 Å². The first-order chi connectivity index (χ1) is 12.1. The quantitative estimate of drug-likeness (QED) is 0.618. The predicted octanol–water partition coefficient (Wildman–Crippen LogP) is 5.26. The minimum absolute atomic E-state index is 0.0973. The van der Waals surface area contributed by atoms with Crippen molar-refractivity contribution in [3.63, 3.8) is 0 Å². The largest absolute Gasteiger partial charge is 0.306 e. The molecule has 2 heterocycles. The predicted molar refractivity (Wildman–Crippen MR) is 102 cm³/mol. The average molecular weight is 369 g/mol. The minimum atomic E-state index is -0.0973. The van der Waals surface area contributed by atoms with Gasteiger partial charge >= 0.3 is 0 Å². The van der Waals surface area contributed by atoms with Gasteiger partial charge in [0.05, 0.1) is 0 Å². The number of amides is 1. The molecular formula is C20H14Cl2N2O. The van der Waals surface area contributed by atoms with Crippen molar-refractivity contribution in [2.45, 2.75) is 6.42 Å². The van der Waals surface area contributed by atoms with Crippen molar-refractivity contribution in [3.8, 4) is 11.1 Å². The molecule has 124 valence electrons. The van der Waals surface area contributed by atoms with Gasteiger partial charge in [0.15, 0.2) is 0 Å². The van der Waals surface area contributed by atoms with Gasteiger partial charge in [0.1, 0.15) is 5.69 Å². The maximum Gasteiger partial charge on any atom is 0.276 e. The number of anilines is 1.